The van der Waals surface area contributed by atoms with Gasteiger partial charge in [-0.05, 0) is 49.4 Å². The molecule has 2 aromatic rings. The summed E-state index contributed by atoms with van der Waals surface area (Å²) in [5.74, 6) is -0.337. The molecule has 0 saturated carbocycles. The second-order valence-corrected chi connectivity index (χ2v) is 7.05. The van der Waals surface area contributed by atoms with E-state index in [1.807, 2.05) is 12.1 Å². The second-order valence-electron chi connectivity index (χ2n) is 6.61. The van der Waals surface area contributed by atoms with Crippen LogP contribution in [0.4, 0.5) is 20.2 Å². The predicted molar refractivity (Wildman–Crippen MR) is 106 cm³/mol. The van der Waals surface area contributed by atoms with Gasteiger partial charge in [-0.1, -0.05) is 11.6 Å². The molecular formula is C20H23ClF2N3O2+. The maximum Gasteiger partial charge on any atom is 0.387 e. The van der Waals surface area contributed by atoms with Gasteiger partial charge in [0.05, 0.1) is 44.1 Å². The number of benzene rings is 2. The van der Waals surface area contributed by atoms with Crippen LogP contribution in [0.3, 0.4) is 0 Å². The summed E-state index contributed by atoms with van der Waals surface area (Å²) >= 11 is 6.14. The molecule has 0 bridgehead atoms. The zero-order chi connectivity index (χ0) is 20.1. The van der Waals surface area contributed by atoms with Crippen molar-refractivity contribution >= 4 is 28.9 Å². The maximum atomic E-state index is 12.6. The average Bonchev–Trinajstić information content (AvgIpc) is 2.68. The first-order valence-corrected chi connectivity index (χ1v) is 9.58. The van der Waals surface area contributed by atoms with Crippen molar-refractivity contribution in [2.75, 3.05) is 42.9 Å². The minimum Gasteiger partial charge on any atom is -0.435 e. The third kappa shape index (κ3) is 5.11. The number of rotatable bonds is 6. The van der Waals surface area contributed by atoms with Gasteiger partial charge in [-0.25, -0.2) is 0 Å². The van der Waals surface area contributed by atoms with E-state index in [0.717, 1.165) is 38.4 Å². The van der Waals surface area contributed by atoms with Crippen molar-refractivity contribution in [3.63, 3.8) is 0 Å². The highest BCUT2D eigenvalue weighted by Gasteiger charge is 2.21. The largest absolute Gasteiger partial charge is 0.435 e. The van der Waals surface area contributed by atoms with Gasteiger partial charge in [0.25, 0.3) is 5.91 Å². The number of nitrogens with one attached hydrogen (secondary N) is 2. The van der Waals surface area contributed by atoms with Crippen molar-refractivity contribution in [2.45, 2.75) is 13.5 Å². The summed E-state index contributed by atoms with van der Waals surface area (Å²) in [6.07, 6.45) is 0. The SMILES string of the molecule is CC[NH+]1CCN(c2ccc(Cl)cc2NC(=O)c2ccc(OC(F)F)cc2)CC1. The van der Waals surface area contributed by atoms with Crippen LogP contribution in [0.15, 0.2) is 42.5 Å². The third-order valence-corrected chi connectivity index (χ3v) is 5.09. The Labute approximate surface area is 167 Å². The van der Waals surface area contributed by atoms with E-state index in [1.165, 1.54) is 24.3 Å². The molecule has 1 aliphatic rings. The quantitative estimate of drug-likeness (QED) is 0.769. The van der Waals surface area contributed by atoms with Crippen LogP contribution >= 0.6 is 11.6 Å². The summed E-state index contributed by atoms with van der Waals surface area (Å²) in [6, 6.07) is 11.0. The molecule has 2 N–H and O–H groups in total. The average molecular weight is 411 g/mol. The number of carbonyl (C=O) groups excluding carboxylic acids is 1. The Kier molecular flexibility index (Phi) is 6.70. The van der Waals surface area contributed by atoms with Crippen LogP contribution in [0.25, 0.3) is 0 Å². The number of likely N-dealkylation sites (N-methyl/N-ethyl adjacent to an activating group) is 1. The van der Waals surface area contributed by atoms with Gasteiger partial charge < -0.3 is 19.9 Å². The monoisotopic (exact) mass is 410 g/mol. The zero-order valence-corrected chi connectivity index (χ0v) is 16.3. The summed E-state index contributed by atoms with van der Waals surface area (Å²) in [7, 11) is 0. The molecule has 1 amide bonds. The van der Waals surface area contributed by atoms with Crippen LogP contribution in [0.1, 0.15) is 17.3 Å². The molecule has 0 unspecified atom stereocenters. The fraction of sp³-hybridized carbons (Fsp3) is 0.350. The van der Waals surface area contributed by atoms with E-state index in [0.29, 0.717) is 16.3 Å². The molecule has 1 aliphatic heterocycles. The van der Waals surface area contributed by atoms with E-state index in [-0.39, 0.29) is 11.7 Å². The van der Waals surface area contributed by atoms with Crippen molar-refractivity contribution in [1.82, 2.24) is 0 Å². The Hall–Kier alpha value is -2.38. The number of ether oxygens (including phenoxy) is 1. The topological polar surface area (TPSA) is 46.0 Å². The van der Waals surface area contributed by atoms with Gasteiger partial charge in [0.1, 0.15) is 5.75 Å². The van der Waals surface area contributed by atoms with Crippen molar-refractivity contribution in [3.05, 3.63) is 53.1 Å². The third-order valence-electron chi connectivity index (χ3n) is 4.86. The molecule has 0 spiro atoms. The van der Waals surface area contributed by atoms with E-state index in [1.54, 1.807) is 11.0 Å². The number of alkyl halides is 2. The Bertz CT molecular complexity index is 810. The highest BCUT2D eigenvalue weighted by molar-refractivity contribution is 6.31. The summed E-state index contributed by atoms with van der Waals surface area (Å²) in [5.41, 5.74) is 1.89. The van der Waals surface area contributed by atoms with E-state index in [4.69, 9.17) is 11.6 Å². The lowest BCUT2D eigenvalue weighted by molar-refractivity contribution is -0.898. The molecule has 0 aliphatic carbocycles. The van der Waals surface area contributed by atoms with Crippen molar-refractivity contribution in [2.24, 2.45) is 0 Å². The molecule has 0 atom stereocenters. The number of piperazine rings is 1. The van der Waals surface area contributed by atoms with E-state index < -0.39 is 6.61 Å². The number of amides is 1. The molecule has 0 radical (unpaired) electrons. The molecule has 5 nitrogen and oxygen atoms in total. The molecule has 28 heavy (non-hydrogen) atoms. The first kappa shape index (κ1) is 20.4. The van der Waals surface area contributed by atoms with Crippen molar-refractivity contribution < 1.29 is 23.2 Å². The zero-order valence-electron chi connectivity index (χ0n) is 15.6. The van der Waals surface area contributed by atoms with Crippen LogP contribution in [0.5, 0.6) is 5.75 Å². The van der Waals surface area contributed by atoms with Crippen molar-refractivity contribution in [1.29, 1.82) is 0 Å². The number of hydrogen-bond acceptors (Lipinski definition) is 3. The number of hydrogen-bond donors (Lipinski definition) is 2. The molecule has 1 saturated heterocycles. The molecule has 2 aromatic carbocycles. The fourth-order valence-electron chi connectivity index (χ4n) is 3.28. The highest BCUT2D eigenvalue weighted by atomic mass is 35.5. The van der Waals surface area contributed by atoms with Crippen LogP contribution in [0.2, 0.25) is 5.02 Å². The number of quaternary nitrogens is 1. The number of anilines is 2. The first-order valence-electron chi connectivity index (χ1n) is 9.20. The smallest absolute Gasteiger partial charge is 0.387 e. The normalized spacial score (nSPS) is 15.0. The molecule has 150 valence electrons. The summed E-state index contributed by atoms with van der Waals surface area (Å²) in [4.78, 5) is 16.4. The second kappa shape index (κ2) is 9.21. The van der Waals surface area contributed by atoms with Gasteiger partial charge in [0, 0.05) is 10.6 Å². The number of halogens is 3. The van der Waals surface area contributed by atoms with Crippen LogP contribution in [-0.2, 0) is 0 Å². The van der Waals surface area contributed by atoms with Gasteiger partial charge in [-0.2, -0.15) is 8.78 Å². The standard InChI is InChI=1S/C20H22ClF2N3O2/c1-2-25-9-11-26(12-10-25)18-8-5-15(21)13-17(18)24-19(27)14-3-6-16(7-4-14)28-20(22)23/h3-8,13,20H,2,9-12H2,1H3,(H,24,27)/p+1. The Morgan fingerprint density at radius 3 is 2.50 bits per heavy atom. The minimum absolute atomic E-state index is 0.00582. The summed E-state index contributed by atoms with van der Waals surface area (Å²) in [6.45, 7) is 4.25. The summed E-state index contributed by atoms with van der Waals surface area (Å²) < 4.78 is 28.8. The molecular weight excluding hydrogens is 388 g/mol. The van der Waals surface area contributed by atoms with Crippen LogP contribution in [0, 0.1) is 0 Å². The Balaban J connectivity index is 1.74. The van der Waals surface area contributed by atoms with Crippen LogP contribution in [-0.4, -0.2) is 45.2 Å². The van der Waals surface area contributed by atoms with E-state index in [9.17, 15) is 13.6 Å². The maximum absolute atomic E-state index is 12.6. The van der Waals surface area contributed by atoms with Crippen LogP contribution < -0.4 is 19.9 Å². The minimum atomic E-state index is -2.90. The predicted octanol–water partition coefficient (Wildman–Crippen LogP) is 2.92. The summed E-state index contributed by atoms with van der Waals surface area (Å²) in [5, 5.41) is 3.42. The molecule has 1 fully saturated rings. The van der Waals surface area contributed by atoms with Gasteiger partial charge in [0.15, 0.2) is 0 Å². The van der Waals surface area contributed by atoms with Crippen molar-refractivity contribution in [3.8, 4) is 5.75 Å². The Morgan fingerprint density at radius 2 is 1.89 bits per heavy atom. The first-order chi connectivity index (χ1) is 13.5. The van der Waals surface area contributed by atoms with Gasteiger partial charge in [-0.3, -0.25) is 4.79 Å². The van der Waals surface area contributed by atoms with E-state index >= 15 is 0 Å². The lowest BCUT2D eigenvalue weighted by Gasteiger charge is -2.34. The lowest BCUT2D eigenvalue weighted by atomic mass is 10.1. The molecule has 1 heterocycles. The highest BCUT2D eigenvalue weighted by Crippen LogP contribution is 2.30. The van der Waals surface area contributed by atoms with Gasteiger partial charge in [-0.15, -0.1) is 0 Å². The van der Waals surface area contributed by atoms with E-state index in [2.05, 4.69) is 21.9 Å². The Morgan fingerprint density at radius 1 is 1.21 bits per heavy atom. The molecule has 8 heteroatoms. The lowest BCUT2D eigenvalue weighted by Crippen LogP contribution is -3.14. The van der Waals surface area contributed by atoms with Gasteiger partial charge >= 0.3 is 6.61 Å². The molecule has 0 aromatic heterocycles. The van der Waals surface area contributed by atoms with Gasteiger partial charge in [0.2, 0.25) is 0 Å². The number of carbonyl (C=O) groups is 1. The number of nitrogens with zero attached hydrogens (tertiary/aromatic N) is 1. The fourth-order valence-corrected chi connectivity index (χ4v) is 3.46. The molecule has 3 rings (SSSR count).